The molecule has 15 heavy (non-hydrogen) atoms. The summed E-state index contributed by atoms with van der Waals surface area (Å²) in [5.41, 5.74) is 0.920. The molecule has 0 saturated heterocycles. The number of carbonyl (C=O) groups excluding carboxylic acids is 1. The van der Waals surface area contributed by atoms with E-state index in [4.69, 9.17) is 4.74 Å². The van der Waals surface area contributed by atoms with Crippen molar-refractivity contribution in [2.24, 2.45) is 0 Å². The summed E-state index contributed by atoms with van der Waals surface area (Å²) in [5, 5.41) is 0. The molecule has 1 aromatic rings. The SMILES string of the molecule is [CH2]CCOc1ccc(CC(=O)OC)cc1. The Morgan fingerprint density at radius 1 is 1.33 bits per heavy atom. The second kappa shape index (κ2) is 6.06. The monoisotopic (exact) mass is 207 g/mol. The molecule has 0 unspecified atom stereocenters. The van der Waals surface area contributed by atoms with E-state index in [0.29, 0.717) is 13.0 Å². The van der Waals surface area contributed by atoms with Crippen LogP contribution in [0.2, 0.25) is 0 Å². The van der Waals surface area contributed by atoms with Crippen molar-refractivity contribution >= 4 is 5.97 Å². The Morgan fingerprint density at radius 3 is 2.53 bits per heavy atom. The van der Waals surface area contributed by atoms with Crippen LogP contribution < -0.4 is 4.74 Å². The number of benzene rings is 1. The van der Waals surface area contributed by atoms with E-state index in [2.05, 4.69) is 11.7 Å². The lowest BCUT2D eigenvalue weighted by molar-refractivity contribution is -0.139. The van der Waals surface area contributed by atoms with Gasteiger partial charge in [-0.15, -0.1) is 0 Å². The highest BCUT2D eigenvalue weighted by atomic mass is 16.5. The molecule has 0 spiro atoms. The topological polar surface area (TPSA) is 35.5 Å². The summed E-state index contributed by atoms with van der Waals surface area (Å²) >= 11 is 0. The van der Waals surface area contributed by atoms with Crippen molar-refractivity contribution in [2.45, 2.75) is 12.8 Å². The van der Waals surface area contributed by atoms with E-state index in [1.54, 1.807) is 0 Å². The van der Waals surface area contributed by atoms with Gasteiger partial charge in [-0.2, -0.15) is 0 Å². The lowest BCUT2D eigenvalue weighted by atomic mass is 10.1. The normalized spacial score (nSPS) is 9.73. The van der Waals surface area contributed by atoms with Crippen LogP contribution >= 0.6 is 0 Å². The molecule has 0 fully saturated rings. The molecular formula is C12H15O3. The number of methoxy groups -OCH3 is 1. The number of rotatable bonds is 5. The van der Waals surface area contributed by atoms with Gasteiger partial charge in [-0.25, -0.2) is 0 Å². The van der Waals surface area contributed by atoms with E-state index in [-0.39, 0.29) is 5.97 Å². The molecule has 0 aromatic heterocycles. The van der Waals surface area contributed by atoms with Gasteiger partial charge in [0, 0.05) is 0 Å². The van der Waals surface area contributed by atoms with Gasteiger partial charge in [0.15, 0.2) is 0 Å². The number of carbonyl (C=O) groups is 1. The minimum Gasteiger partial charge on any atom is -0.494 e. The molecule has 0 heterocycles. The van der Waals surface area contributed by atoms with E-state index in [9.17, 15) is 4.79 Å². The average Bonchev–Trinajstić information content (AvgIpc) is 2.28. The van der Waals surface area contributed by atoms with Crippen LogP contribution in [0.5, 0.6) is 5.75 Å². The zero-order chi connectivity index (χ0) is 11.1. The minimum atomic E-state index is -0.235. The van der Waals surface area contributed by atoms with Crippen molar-refractivity contribution < 1.29 is 14.3 Å². The van der Waals surface area contributed by atoms with Crippen LogP contribution in [0, 0.1) is 6.92 Å². The Bertz CT molecular complexity index is 303. The first-order chi connectivity index (χ1) is 7.26. The minimum absolute atomic E-state index is 0.235. The second-order valence-corrected chi connectivity index (χ2v) is 3.10. The Labute approximate surface area is 90.0 Å². The molecule has 0 aliphatic heterocycles. The zero-order valence-electron chi connectivity index (χ0n) is 8.86. The fraction of sp³-hybridized carbons (Fsp3) is 0.333. The van der Waals surface area contributed by atoms with Crippen molar-refractivity contribution in [3.8, 4) is 5.75 Å². The van der Waals surface area contributed by atoms with E-state index in [1.807, 2.05) is 24.3 Å². The van der Waals surface area contributed by atoms with E-state index in [1.165, 1.54) is 7.11 Å². The van der Waals surface area contributed by atoms with Crippen molar-refractivity contribution in [2.75, 3.05) is 13.7 Å². The van der Waals surface area contributed by atoms with E-state index < -0.39 is 0 Å². The molecule has 1 aromatic carbocycles. The molecule has 3 heteroatoms. The van der Waals surface area contributed by atoms with Gasteiger partial charge in [0.05, 0.1) is 20.1 Å². The number of ether oxygens (including phenoxy) is 2. The molecule has 3 nitrogen and oxygen atoms in total. The number of hydrogen-bond acceptors (Lipinski definition) is 3. The molecule has 0 N–H and O–H groups in total. The Kier molecular flexibility index (Phi) is 4.68. The van der Waals surface area contributed by atoms with E-state index >= 15 is 0 Å². The lowest BCUT2D eigenvalue weighted by Crippen LogP contribution is -2.04. The zero-order valence-corrected chi connectivity index (χ0v) is 8.86. The summed E-state index contributed by atoms with van der Waals surface area (Å²) in [5.74, 6) is 0.564. The Morgan fingerprint density at radius 2 is 2.00 bits per heavy atom. The summed E-state index contributed by atoms with van der Waals surface area (Å²) in [6, 6.07) is 7.40. The van der Waals surface area contributed by atoms with Crippen molar-refractivity contribution in [3.05, 3.63) is 36.8 Å². The number of hydrogen-bond donors (Lipinski definition) is 0. The van der Waals surface area contributed by atoms with Gasteiger partial charge < -0.3 is 9.47 Å². The molecule has 0 saturated carbocycles. The maximum Gasteiger partial charge on any atom is 0.309 e. The van der Waals surface area contributed by atoms with Gasteiger partial charge in [-0.1, -0.05) is 12.1 Å². The predicted octanol–water partition coefficient (Wildman–Crippen LogP) is 2.01. The van der Waals surface area contributed by atoms with Crippen LogP contribution in [0.15, 0.2) is 24.3 Å². The van der Waals surface area contributed by atoms with Gasteiger partial charge in [0.1, 0.15) is 5.75 Å². The molecule has 0 aliphatic carbocycles. The maximum absolute atomic E-state index is 11.0. The quantitative estimate of drug-likeness (QED) is 0.693. The molecule has 0 amide bonds. The third-order valence-corrected chi connectivity index (χ3v) is 1.91. The molecule has 1 radical (unpaired) electrons. The second-order valence-electron chi connectivity index (χ2n) is 3.10. The smallest absolute Gasteiger partial charge is 0.309 e. The van der Waals surface area contributed by atoms with Crippen LogP contribution in [0.4, 0.5) is 0 Å². The van der Waals surface area contributed by atoms with E-state index in [0.717, 1.165) is 17.7 Å². The van der Waals surface area contributed by atoms with Crippen molar-refractivity contribution in [3.63, 3.8) is 0 Å². The van der Waals surface area contributed by atoms with Crippen molar-refractivity contribution in [1.29, 1.82) is 0 Å². The third kappa shape index (κ3) is 4.02. The molecule has 1 rings (SSSR count). The van der Waals surface area contributed by atoms with Gasteiger partial charge >= 0.3 is 5.97 Å². The highest BCUT2D eigenvalue weighted by Gasteiger charge is 2.02. The van der Waals surface area contributed by atoms with Crippen LogP contribution in [0.3, 0.4) is 0 Å². The lowest BCUT2D eigenvalue weighted by Gasteiger charge is -2.05. The number of esters is 1. The first-order valence-corrected chi connectivity index (χ1v) is 4.84. The fourth-order valence-electron chi connectivity index (χ4n) is 1.13. The Hall–Kier alpha value is -1.51. The summed E-state index contributed by atoms with van der Waals surface area (Å²) in [7, 11) is 1.38. The summed E-state index contributed by atoms with van der Waals surface area (Å²) in [4.78, 5) is 11.0. The third-order valence-electron chi connectivity index (χ3n) is 1.91. The summed E-state index contributed by atoms with van der Waals surface area (Å²) < 4.78 is 9.93. The Balaban J connectivity index is 2.52. The van der Waals surface area contributed by atoms with Crippen LogP contribution in [0.25, 0.3) is 0 Å². The van der Waals surface area contributed by atoms with Crippen molar-refractivity contribution in [1.82, 2.24) is 0 Å². The summed E-state index contributed by atoms with van der Waals surface area (Å²) in [6.45, 7) is 4.29. The molecule has 81 valence electrons. The van der Waals surface area contributed by atoms with Gasteiger partial charge in [0.2, 0.25) is 0 Å². The molecule has 0 aliphatic rings. The maximum atomic E-state index is 11.0. The first-order valence-electron chi connectivity index (χ1n) is 4.84. The summed E-state index contributed by atoms with van der Waals surface area (Å²) in [6.07, 6.45) is 1.04. The first kappa shape index (κ1) is 11.6. The van der Waals surface area contributed by atoms with Crippen LogP contribution in [-0.2, 0) is 16.0 Å². The predicted molar refractivity (Wildman–Crippen MR) is 57.6 cm³/mol. The largest absolute Gasteiger partial charge is 0.494 e. The van der Waals surface area contributed by atoms with Crippen LogP contribution in [-0.4, -0.2) is 19.7 Å². The molecule has 0 atom stereocenters. The highest BCUT2D eigenvalue weighted by molar-refractivity contribution is 5.72. The van der Waals surface area contributed by atoms with Gasteiger partial charge in [-0.3, -0.25) is 4.79 Å². The standard InChI is InChI=1S/C12H15O3/c1-3-8-15-11-6-4-10(5-7-11)9-12(13)14-2/h4-7H,1,3,8-9H2,2H3. The van der Waals surface area contributed by atoms with Gasteiger partial charge in [-0.05, 0) is 31.0 Å². The average molecular weight is 207 g/mol. The van der Waals surface area contributed by atoms with Gasteiger partial charge in [0.25, 0.3) is 0 Å². The fourth-order valence-corrected chi connectivity index (χ4v) is 1.13. The molecule has 0 bridgehead atoms. The van der Waals surface area contributed by atoms with Crippen LogP contribution in [0.1, 0.15) is 12.0 Å². The molecular weight excluding hydrogens is 192 g/mol. The highest BCUT2D eigenvalue weighted by Crippen LogP contribution is 2.12.